The quantitative estimate of drug-likeness (QED) is 0.569. The van der Waals surface area contributed by atoms with Gasteiger partial charge in [0, 0.05) is 5.02 Å². The summed E-state index contributed by atoms with van der Waals surface area (Å²) in [7, 11) is 0. The lowest BCUT2D eigenvalue weighted by atomic mass is 10.3. The number of ether oxygens (including phenoxy) is 2. The molecule has 0 saturated heterocycles. The van der Waals surface area contributed by atoms with Gasteiger partial charge in [0.25, 0.3) is 5.91 Å². The highest BCUT2D eigenvalue weighted by Gasteiger charge is 2.12. The largest absolute Gasteiger partial charge is 0.490 e. The number of rotatable bonds is 7. The molecule has 23 heavy (non-hydrogen) atoms. The van der Waals surface area contributed by atoms with Crippen LogP contribution in [-0.2, 0) is 9.53 Å². The fourth-order valence-electron chi connectivity index (χ4n) is 1.57. The Labute approximate surface area is 145 Å². The highest BCUT2D eigenvalue weighted by atomic mass is 79.9. The Morgan fingerprint density at radius 2 is 1.87 bits per heavy atom. The molecule has 0 saturated carbocycles. The molecule has 0 aliphatic heterocycles. The highest BCUT2D eigenvalue weighted by Crippen LogP contribution is 2.15. The molecule has 2 aromatic rings. The maximum atomic E-state index is 11.6. The van der Waals surface area contributed by atoms with Crippen molar-refractivity contribution in [3.05, 3.63) is 51.9 Å². The Hall–Kier alpha value is -1.99. The molecular weight excluding hydrogens is 390 g/mol. The van der Waals surface area contributed by atoms with E-state index in [-0.39, 0.29) is 25.5 Å². The van der Waals surface area contributed by atoms with Gasteiger partial charge in [-0.3, -0.25) is 9.59 Å². The summed E-state index contributed by atoms with van der Waals surface area (Å²) in [6.07, 6.45) is 0. The lowest BCUT2D eigenvalue weighted by molar-refractivity contribution is -0.143. The molecule has 1 N–H and O–H groups in total. The van der Waals surface area contributed by atoms with Crippen LogP contribution in [0.15, 0.2) is 45.5 Å². The molecule has 2 rings (SSSR count). The maximum Gasteiger partial charge on any atom is 0.325 e. The van der Waals surface area contributed by atoms with E-state index in [1.165, 1.54) is 6.07 Å². The van der Waals surface area contributed by atoms with Gasteiger partial charge < -0.3 is 19.2 Å². The third-order valence-electron chi connectivity index (χ3n) is 2.62. The van der Waals surface area contributed by atoms with Crippen LogP contribution in [0.1, 0.15) is 10.6 Å². The first-order valence-electron chi connectivity index (χ1n) is 6.62. The number of furan rings is 1. The number of hydrogen-bond acceptors (Lipinski definition) is 5. The molecule has 0 spiro atoms. The van der Waals surface area contributed by atoms with E-state index in [1.54, 1.807) is 30.3 Å². The van der Waals surface area contributed by atoms with Crippen LogP contribution >= 0.6 is 27.5 Å². The number of carbonyl (C=O) groups is 2. The van der Waals surface area contributed by atoms with Crippen LogP contribution in [0.2, 0.25) is 5.02 Å². The molecule has 0 unspecified atom stereocenters. The Morgan fingerprint density at radius 3 is 2.52 bits per heavy atom. The second-order valence-electron chi connectivity index (χ2n) is 4.31. The summed E-state index contributed by atoms with van der Waals surface area (Å²) < 4.78 is 15.8. The molecule has 6 nitrogen and oxygen atoms in total. The summed E-state index contributed by atoms with van der Waals surface area (Å²) in [5.41, 5.74) is 0. The van der Waals surface area contributed by atoms with Crippen LogP contribution in [0.3, 0.4) is 0 Å². The van der Waals surface area contributed by atoms with E-state index in [2.05, 4.69) is 21.2 Å². The van der Waals surface area contributed by atoms with Crippen molar-refractivity contribution in [2.45, 2.75) is 0 Å². The van der Waals surface area contributed by atoms with Crippen molar-refractivity contribution in [1.82, 2.24) is 5.32 Å². The van der Waals surface area contributed by atoms with Gasteiger partial charge in [-0.15, -0.1) is 0 Å². The molecule has 1 amide bonds. The van der Waals surface area contributed by atoms with E-state index < -0.39 is 11.9 Å². The Kier molecular flexibility index (Phi) is 6.49. The zero-order chi connectivity index (χ0) is 16.7. The van der Waals surface area contributed by atoms with Gasteiger partial charge in [0.1, 0.15) is 25.5 Å². The van der Waals surface area contributed by atoms with Gasteiger partial charge in [-0.05, 0) is 52.3 Å². The molecular formula is C15H13BrClNO5. The van der Waals surface area contributed by atoms with Crippen LogP contribution < -0.4 is 10.1 Å². The van der Waals surface area contributed by atoms with Crippen LogP contribution in [0, 0.1) is 0 Å². The first-order chi connectivity index (χ1) is 11.0. The zero-order valence-electron chi connectivity index (χ0n) is 11.9. The number of hydrogen-bond donors (Lipinski definition) is 1. The fourth-order valence-corrected chi connectivity index (χ4v) is 2.01. The summed E-state index contributed by atoms with van der Waals surface area (Å²) in [4.78, 5) is 23.1. The highest BCUT2D eigenvalue weighted by molar-refractivity contribution is 9.10. The van der Waals surface area contributed by atoms with E-state index in [4.69, 9.17) is 25.5 Å². The maximum absolute atomic E-state index is 11.6. The van der Waals surface area contributed by atoms with Crippen LogP contribution in [0.5, 0.6) is 5.75 Å². The number of amides is 1. The summed E-state index contributed by atoms with van der Waals surface area (Å²) >= 11 is 8.84. The molecule has 1 heterocycles. The van der Waals surface area contributed by atoms with E-state index >= 15 is 0 Å². The van der Waals surface area contributed by atoms with Crippen molar-refractivity contribution in [2.75, 3.05) is 19.8 Å². The monoisotopic (exact) mass is 401 g/mol. The average Bonchev–Trinajstić information content (AvgIpc) is 2.97. The van der Waals surface area contributed by atoms with Gasteiger partial charge >= 0.3 is 5.97 Å². The first-order valence-corrected chi connectivity index (χ1v) is 7.79. The third-order valence-corrected chi connectivity index (χ3v) is 3.30. The normalized spacial score (nSPS) is 10.2. The van der Waals surface area contributed by atoms with E-state index in [1.807, 2.05) is 0 Å². The molecule has 0 radical (unpaired) electrons. The van der Waals surface area contributed by atoms with E-state index in [9.17, 15) is 9.59 Å². The average molecular weight is 403 g/mol. The minimum atomic E-state index is -0.566. The van der Waals surface area contributed by atoms with E-state index in [0.717, 1.165) is 0 Å². The lowest BCUT2D eigenvalue weighted by Gasteiger charge is -2.08. The zero-order valence-corrected chi connectivity index (χ0v) is 14.2. The SMILES string of the molecule is O=C(CNC(=O)c1ccc(Br)o1)OCCOc1ccc(Cl)cc1. The van der Waals surface area contributed by atoms with Crippen molar-refractivity contribution in [3.8, 4) is 5.75 Å². The Morgan fingerprint density at radius 1 is 1.13 bits per heavy atom. The molecule has 122 valence electrons. The van der Waals surface area contributed by atoms with Gasteiger partial charge in [-0.25, -0.2) is 0 Å². The van der Waals surface area contributed by atoms with Crippen LogP contribution in [0.25, 0.3) is 0 Å². The van der Waals surface area contributed by atoms with Gasteiger partial charge in [-0.1, -0.05) is 11.6 Å². The molecule has 8 heteroatoms. The van der Waals surface area contributed by atoms with E-state index in [0.29, 0.717) is 15.4 Å². The third kappa shape index (κ3) is 5.96. The first kappa shape index (κ1) is 17.4. The number of benzene rings is 1. The molecule has 1 aromatic carbocycles. The number of nitrogens with one attached hydrogen (secondary N) is 1. The molecule has 1 aromatic heterocycles. The summed E-state index contributed by atoms with van der Waals surface area (Å²) in [6.45, 7) is 0.0220. The number of esters is 1. The summed E-state index contributed by atoms with van der Waals surface area (Å²) in [5, 5.41) is 3.01. The van der Waals surface area contributed by atoms with Gasteiger partial charge in [0.2, 0.25) is 0 Å². The molecule has 0 bridgehead atoms. The number of halogens is 2. The fraction of sp³-hybridized carbons (Fsp3) is 0.200. The van der Waals surface area contributed by atoms with Gasteiger partial charge in [0.05, 0.1) is 0 Å². The lowest BCUT2D eigenvalue weighted by Crippen LogP contribution is -2.31. The smallest absolute Gasteiger partial charge is 0.325 e. The van der Waals surface area contributed by atoms with Gasteiger partial charge in [0.15, 0.2) is 10.4 Å². The Balaban J connectivity index is 1.61. The molecule has 0 fully saturated rings. The topological polar surface area (TPSA) is 77.8 Å². The van der Waals surface area contributed by atoms with Crippen molar-refractivity contribution in [1.29, 1.82) is 0 Å². The standard InChI is InChI=1S/C15H13BrClNO5/c16-13-6-5-12(23-13)15(20)18-9-14(19)22-8-7-21-11-3-1-10(17)2-4-11/h1-6H,7-9H2,(H,18,20). The molecule has 0 aliphatic carbocycles. The van der Waals surface area contributed by atoms with Crippen LogP contribution in [-0.4, -0.2) is 31.6 Å². The van der Waals surface area contributed by atoms with Crippen molar-refractivity contribution in [3.63, 3.8) is 0 Å². The second-order valence-corrected chi connectivity index (χ2v) is 5.53. The number of carbonyl (C=O) groups excluding carboxylic acids is 2. The minimum absolute atomic E-state index is 0.0730. The molecule has 0 atom stereocenters. The molecule has 0 aliphatic rings. The second kappa shape index (κ2) is 8.59. The van der Waals surface area contributed by atoms with Crippen LogP contribution in [0.4, 0.5) is 0 Å². The van der Waals surface area contributed by atoms with Crippen molar-refractivity contribution < 1.29 is 23.5 Å². The minimum Gasteiger partial charge on any atom is -0.490 e. The predicted octanol–water partition coefficient (Wildman–Crippen LogP) is 3.05. The summed E-state index contributed by atoms with van der Waals surface area (Å²) in [6, 6.07) is 9.90. The Bertz CT molecular complexity index is 671. The van der Waals surface area contributed by atoms with Crippen molar-refractivity contribution in [2.24, 2.45) is 0 Å². The predicted molar refractivity (Wildman–Crippen MR) is 86.6 cm³/mol. The van der Waals surface area contributed by atoms with Crippen molar-refractivity contribution >= 4 is 39.4 Å². The summed E-state index contributed by atoms with van der Waals surface area (Å²) in [5.74, 6) is -0.327. The van der Waals surface area contributed by atoms with Gasteiger partial charge in [-0.2, -0.15) is 0 Å².